The van der Waals surface area contributed by atoms with Crippen molar-refractivity contribution in [3.8, 4) is 0 Å². The van der Waals surface area contributed by atoms with E-state index >= 15 is 0 Å². The lowest BCUT2D eigenvalue weighted by atomic mass is 9.74. The number of halogens is 6. The Balaban J connectivity index is 2.59. The number of benzene rings is 1. The SMILES string of the molecule is CC(C)(C)OC(=O)N1C(C(C/C=C/c2ccccc2)(C(F)(F)F)C(F)(F)F)COC1(C)C. The number of hydrogen-bond acceptors (Lipinski definition) is 3. The van der Waals surface area contributed by atoms with Gasteiger partial charge in [-0.25, -0.2) is 4.79 Å². The Hall–Kier alpha value is -2.23. The van der Waals surface area contributed by atoms with E-state index in [0.717, 1.165) is 6.08 Å². The van der Waals surface area contributed by atoms with E-state index in [4.69, 9.17) is 9.47 Å². The van der Waals surface area contributed by atoms with Crippen molar-refractivity contribution >= 4 is 12.2 Å². The molecule has 1 aromatic rings. The fourth-order valence-electron chi connectivity index (χ4n) is 3.67. The number of rotatable bonds is 4. The second kappa shape index (κ2) is 8.61. The molecule has 0 saturated carbocycles. The number of hydrogen-bond donors (Lipinski definition) is 0. The predicted octanol–water partition coefficient (Wildman–Crippen LogP) is 6.57. The van der Waals surface area contributed by atoms with E-state index in [0.29, 0.717) is 10.5 Å². The Bertz CT molecular complexity index is 811. The number of ether oxygens (including phenoxy) is 2. The molecule has 1 unspecified atom stereocenters. The van der Waals surface area contributed by atoms with Gasteiger partial charge in [0, 0.05) is 0 Å². The largest absolute Gasteiger partial charge is 0.444 e. The summed E-state index contributed by atoms with van der Waals surface area (Å²) in [6, 6.07) is 5.61. The van der Waals surface area contributed by atoms with Crippen molar-refractivity contribution in [2.24, 2.45) is 5.41 Å². The van der Waals surface area contributed by atoms with Crippen molar-refractivity contribution in [3.05, 3.63) is 42.0 Å². The molecule has 180 valence electrons. The van der Waals surface area contributed by atoms with Crippen LogP contribution < -0.4 is 0 Å². The first kappa shape index (κ1) is 26.0. The van der Waals surface area contributed by atoms with E-state index in [1.54, 1.807) is 30.3 Å². The summed E-state index contributed by atoms with van der Waals surface area (Å²) in [5, 5.41) is 0. The van der Waals surface area contributed by atoms with E-state index in [1.807, 2.05) is 0 Å². The first-order chi connectivity index (χ1) is 14.4. The molecule has 1 aliphatic heterocycles. The van der Waals surface area contributed by atoms with Crippen molar-refractivity contribution in [1.82, 2.24) is 4.90 Å². The highest BCUT2D eigenvalue weighted by Gasteiger charge is 2.76. The van der Waals surface area contributed by atoms with Gasteiger partial charge in [-0.15, -0.1) is 0 Å². The summed E-state index contributed by atoms with van der Waals surface area (Å²) in [5.74, 6) is 0. The highest BCUT2D eigenvalue weighted by atomic mass is 19.4. The second-order valence-corrected chi connectivity index (χ2v) is 9.11. The maximum Gasteiger partial charge on any atom is 0.412 e. The van der Waals surface area contributed by atoms with Crippen LogP contribution in [0.1, 0.15) is 46.6 Å². The zero-order valence-corrected chi connectivity index (χ0v) is 18.5. The molecule has 10 heteroatoms. The number of carbonyl (C=O) groups is 1. The Kier molecular flexibility index (Phi) is 7.00. The second-order valence-electron chi connectivity index (χ2n) is 9.11. The highest BCUT2D eigenvalue weighted by Crippen LogP contribution is 2.58. The van der Waals surface area contributed by atoms with Gasteiger partial charge in [-0.3, -0.25) is 4.90 Å². The highest BCUT2D eigenvalue weighted by molar-refractivity contribution is 5.70. The Morgan fingerprint density at radius 3 is 2.09 bits per heavy atom. The molecular formula is C22H27F6NO3. The van der Waals surface area contributed by atoms with Crippen LogP contribution in [0.25, 0.3) is 6.08 Å². The van der Waals surface area contributed by atoms with Crippen LogP contribution in [0.5, 0.6) is 0 Å². The molecule has 1 saturated heterocycles. The summed E-state index contributed by atoms with van der Waals surface area (Å²) >= 11 is 0. The van der Waals surface area contributed by atoms with E-state index in [-0.39, 0.29) is 0 Å². The van der Waals surface area contributed by atoms with Gasteiger partial charge in [-0.1, -0.05) is 42.5 Å². The van der Waals surface area contributed by atoms with Crippen molar-refractivity contribution < 1.29 is 40.6 Å². The van der Waals surface area contributed by atoms with Gasteiger partial charge in [-0.05, 0) is 46.6 Å². The average molecular weight is 467 g/mol. The van der Waals surface area contributed by atoms with Crippen LogP contribution in [0.15, 0.2) is 36.4 Å². The third kappa shape index (κ3) is 5.22. The third-order valence-corrected chi connectivity index (χ3v) is 5.21. The van der Waals surface area contributed by atoms with Crippen LogP contribution in [-0.4, -0.2) is 47.3 Å². The first-order valence-electron chi connectivity index (χ1n) is 9.94. The van der Waals surface area contributed by atoms with Gasteiger partial charge in [0.1, 0.15) is 11.3 Å². The molecule has 0 aliphatic carbocycles. The van der Waals surface area contributed by atoms with Crippen LogP contribution in [0.2, 0.25) is 0 Å². The molecule has 4 nitrogen and oxygen atoms in total. The maximum atomic E-state index is 14.3. The molecule has 0 N–H and O–H groups in total. The van der Waals surface area contributed by atoms with Crippen LogP contribution >= 0.6 is 0 Å². The van der Waals surface area contributed by atoms with E-state index < -0.39 is 54.3 Å². The van der Waals surface area contributed by atoms with Crippen LogP contribution in [0.3, 0.4) is 0 Å². The molecule has 2 rings (SSSR count). The number of nitrogens with zero attached hydrogens (tertiary/aromatic N) is 1. The lowest BCUT2D eigenvalue weighted by Crippen LogP contribution is -2.65. The van der Waals surface area contributed by atoms with Gasteiger partial charge >= 0.3 is 18.4 Å². The van der Waals surface area contributed by atoms with Crippen molar-refractivity contribution in [2.75, 3.05) is 6.61 Å². The molecule has 1 aromatic carbocycles. The minimum Gasteiger partial charge on any atom is -0.444 e. The molecule has 1 atom stereocenters. The summed E-state index contributed by atoms with van der Waals surface area (Å²) in [5.41, 5.74) is -6.70. The van der Waals surface area contributed by atoms with Gasteiger partial charge in [0.15, 0.2) is 5.41 Å². The van der Waals surface area contributed by atoms with Gasteiger partial charge in [0.2, 0.25) is 0 Å². The summed E-state index contributed by atoms with van der Waals surface area (Å²) < 4.78 is 96.1. The molecular weight excluding hydrogens is 440 g/mol. The Morgan fingerprint density at radius 1 is 1.09 bits per heavy atom. The monoisotopic (exact) mass is 467 g/mol. The summed E-state index contributed by atoms with van der Waals surface area (Å²) in [4.78, 5) is 13.2. The van der Waals surface area contributed by atoms with Crippen LogP contribution in [0.4, 0.5) is 31.1 Å². The maximum absolute atomic E-state index is 14.3. The van der Waals surface area contributed by atoms with Crippen LogP contribution in [0, 0.1) is 5.41 Å². The Labute approximate surface area is 183 Å². The first-order valence-corrected chi connectivity index (χ1v) is 9.94. The molecule has 0 radical (unpaired) electrons. The zero-order chi connectivity index (χ0) is 24.6. The van der Waals surface area contributed by atoms with Gasteiger partial charge in [-0.2, -0.15) is 26.3 Å². The molecule has 0 bridgehead atoms. The lowest BCUT2D eigenvalue weighted by Gasteiger charge is -2.45. The number of allylic oxidation sites excluding steroid dienone is 1. The summed E-state index contributed by atoms with van der Waals surface area (Å²) in [6.45, 7) is 5.90. The van der Waals surface area contributed by atoms with Gasteiger partial charge in [0.05, 0.1) is 12.6 Å². The van der Waals surface area contributed by atoms with Crippen LogP contribution in [-0.2, 0) is 9.47 Å². The summed E-state index contributed by atoms with van der Waals surface area (Å²) in [7, 11) is 0. The standard InChI is InChI=1S/C22H27F6NO3/c1-18(2,3)32-17(30)29-16(14-31-19(29,4)5)20(21(23,24)25,22(26,27)28)13-9-12-15-10-7-6-8-11-15/h6-12,16H,13-14H2,1-5H3/b12-9+. The molecule has 1 fully saturated rings. The minimum atomic E-state index is -5.74. The zero-order valence-electron chi connectivity index (χ0n) is 18.5. The smallest absolute Gasteiger partial charge is 0.412 e. The lowest BCUT2D eigenvalue weighted by molar-refractivity contribution is -0.354. The third-order valence-electron chi connectivity index (χ3n) is 5.21. The topological polar surface area (TPSA) is 38.8 Å². The van der Waals surface area contributed by atoms with Crippen molar-refractivity contribution in [2.45, 2.75) is 70.8 Å². The number of alkyl halides is 6. The Morgan fingerprint density at radius 2 is 1.62 bits per heavy atom. The van der Waals surface area contributed by atoms with Gasteiger partial charge < -0.3 is 9.47 Å². The van der Waals surface area contributed by atoms with Gasteiger partial charge in [0.25, 0.3) is 0 Å². The fraction of sp³-hybridized carbons (Fsp3) is 0.591. The summed E-state index contributed by atoms with van der Waals surface area (Å²) in [6.07, 6.45) is -12.2. The van der Waals surface area contributed by atoms with E-state index in [9.17, 15) is 31.1 Å². The fourth-order valence-corrected chi connectivity index (χ4v) is 3.67. The van der Waals surface area contributed by atoms with E-state index in [1.165, 1.54) is 40.7 Å². The number of carbonyl (C=O) groups excluding carboxylic acids is 1. The predicted molar refractivity (Wildman–Crippen MR) is 107 cm³/mol. The van der Waals surface area contributed by atoms with Crippen molar-refractivity contribution in [3.63, 3.8) is 0 Å². The normalized spacial score (nSPS) is 20.1. The molecule has 0 aromatic heterocycles. The molecule has 1 heterocycles. The minimum absolute atomic E-state index is 0.426. The molecule has 32 heavy (non-hydrogen) atoms. The molecule has 1 aliphatic rings. The van der Waals surface area contributed by atoms with E-state index in [2.05, 4.69) is 0 Å². The number of amides is 1. The molecule has 1 amide bonds. The quantitative estimate of drug-likeness (QED) is 0.470. The molecule has 0 spiro atoms. The van der Waals surface area contributed by atoms with Crippen molar-refractivity contribution in [1.29, 1.82) is 0 Å². The average Bonchev–Trinajstić information content (AvgIpc) is 2.91.